The fourth-order valence-corrected chi connectivity index (χ4v) is 2.34. The van der Waals surface area contributed by atoms with Gasteiger partial charge in [0.15, 0.2) is 0 Å². The third-order valence-electron chi connectivity index (χ3n) is 3.03. The summed E-state index contributed by atoms with van der Waals surface area (Å²) in [6.45, 7) is 1.73. The molecular formula is C13H16BrN3O3. The number of carbonyl (C=O) groups is 1. The Bertz CT molecular complexity index is 614. The van der Waals surface area contributed by atoms with Gasteiger partial charge in [-0.25, -0.2) is 4.98 Å². The van der Waals surface area contributed by atoms with E-state index in [-0.39, 0.29) is 12.3 Å². The van der Waals surface area contributed by atoms with Gasteiger partial charge in [0.1, 0.15) is 11.8 Å². The van der Waals surface area contributed by atoms with Gasteiger partial charge in [0, 0.05) is 41.3 Å². The lowest BCUT2D eigenvalue weighted by Crippen LogP contribution is -2.27. The van der Waals surface area contributed by atoms with Crippen molar-refractivity contribution in [2.75, 3.05) is 6.54 Å². The molecule has 2 aromatic heterocycles. The minimum Gasteiger partial charge on any atom is -0.390 e. The number of aliphatic hydroxyl groups excluding tert-OH is 2. The highest BCUT2D eigenvalue weighted by Crippen LogP contribution is 2.28. The average Bonchev–Trinajstić information content (AvgIpc) is 2.80. The number of nitrogens with zero attached hydrogens (tertiary/aromatic N) is 1. The molecule has 2 aromatic rings. The van der Waals surface area contributed by atoms with Gasteiger partial charge in [-0.1, -0.05) is 0 Å². The number of pyridine rings is 1. The van der Waals surface area contributed by atoms with Crippen molar-refractivity contribution in [2.45, 2.75) is 25.6 Å². The van der Waals surface area contributed by atoms with Crippen LogP contribution in [0.4, 0.5) is 0 Å². The largest absolute Gasteiger partial charge is 0.390 e. The van der Waals surface area contributed by atoms with E-state index >= 15 is 0 Å². The molecule has 0 bridgehead atoms. The Labute approximate surface area is 124 Å². The second-order valence-corrected chi connectivity index (χ2v) is 5.49. The van der Waals surface area contributed by atoms with Gasteiger partial charge >= 0.3 is 0 Å². The van der Waals surface area contributed by atoms with Gasteiger partial charge < -0.3 is 20.5 Å². The molecule has 0 aliphatic heterocycles. The number of fused-ring (bicyclic) bond motifs is 1. The van der Waals surface area contributed by atoms with Crippen LogP contribution >= 0.6 is 15.9 Å². The van der Waals surface area contributed by atoms with Gasteiger partial charge in [-0.05, 0) is 28.4 Å². The number of nitrogens with one attached hydrogen (secondary N) is 2. The third kappa shape index (κ3) is 3.36. The third-order valence-corrected chi connectivity index (χ3v) is 3.46. The molecule has 0 aromatic carbocycles. The van der Waals surface area contributed by atoms with E-state index in [1.807, 2.05) is 6.07 Å². The van der Waals surface area contributed by atoms with E-state index in [0.29, 0.717) is 17.8 Å². The van der Waals surface area contributed by atoms with Crippen LogP contribution in [0.25, 0.3) is 11.0 Å². The fraction of sp³-hybridized carbons (Fsp3) is 0.385. The highest BCUT2D eigenvalue weighted by molar-refractivity contribution is 9.10. The molecule has 0 spiro atoms. The predicted octanol–water partition coefficient (Wildman–Crippen LogP) is 1.25. The summed E-state index contributed by atoms with van der Waals surface area (Å²) in [5.74, 6) is -0.160. The molecule has 0 fully saturated rings. The van der Waals surface area contributed by atoms with Crippen molar-refractivity contribution in [1.82, 2.24) is 15.3 Å². The Morgan fingerprint density at radius 2 is 2.30 bits per heavy atom. The molecule has 0 radical (unpaired) electrons. The van der Waals surface area contributed by atoms with E-state index in [1.165, 1.54) is 6.92 Å². The van der Waals surface area contributed by atoms with Crippen molar-refractivity contribution >= 4 is 32.9 Å². The van der Waals surface area contributed by atoms with E-state index in [0.717, 1.165) is 9.86 Å². The first-order valence-corrected chi connectivity index (χ1v) is 7.01. The molecule has 7 heteroatoms. The highest BCUT2D eigenvalue weighted by Gasteiger charge is 2.21. The van der Waals surface area contributed by atoms with Crippen molar-refractivity contribution < 1.29 is 15.0 Å². The van der Waals surface area contributed by atoms with Gasteiger partial charge in [-0.15, -0.1) is 0 Å². The standard InChI is InChI=1S/C13H16BrN3O3/c1-7(18)15-3-2-11(19)12(20)10-6-17-13-9(10)4-8(14)5-16-13/h4-6,11-12,19-20H,2-3H2,1H3,(H,15,18)(H,16,17). The summed E-state index contributed by atoms with van der Waals surface area (Å²) in [5.41, 5.74) is 1.24. The number of aromatic amines is 1. The van der Waals surface area contributed by atoms with Crippen LogP contribution < -0.4 is 5.32 Å². The summed E-state index contributed by atoms with van der Waals surface area (Å²) in [5, 5.41) is 23.5. The lowest BCUT2D eigenvalue weighted by Gasteiger charge is -2.17. The lowest BCUT2D eigenvalue weighted by molar-refractivity contribution is -0.119. The smallest absolute Gasteiger partial charge is 0.216 e. The van der Waals surface area contributed by atoms with Crippen LogP contribution in [0.5, 0.6) is 0 Å². The summed E-state index contributed by atoms with van der Waals surface area (Å²) < 4.78 is 0.797. The number of aliphatic hydroxyl groups is 2. The first kappa shape index (κ1) is 15.0. The number of H-pyrrole nitrogens is 1. The van der Waals surface area contributed by atoms with Crippen molar-refractivity contribution in [1.29, 1.82) is 0 Å². The Hall–Kier alpha value is -1.44. The second kappa shape index (κ2) is 6.34. The first-order valence-electron chi connectivity index (χ1n) is 6.22. The van der Waals surface area contributed by atoms with Gasteiger partial charge in [-0.2, -0.15) is 0 Å². The summed E-state index contributed by atoms with van der Waals surface area (Å²) in [7, 11) is 0. The quantitative estimate of drug-likeness (QED) is 0.657. The fourth-order valence-electron chi connectivity index (χ4n) is 2.00. The number of amides is 1. The molecule has 4 N–H and O–H groups in total. The van der Waals surface area contributed by atoms with Gasteiger partial charge in [-0.3, -0.25) is 4.79 Å². The molecule has 108 valence electrons. The van der Waals surface area contributed by atoms with Crippen LogP contribution in [-0.2, 0) is 4.79 Å². The van der Waals surface area contributed by atoms with E-state index in [1.54, 1.807) is 12.4 Å². The summed E-state index contributed by atoms with van der Waals surface area (Å²) in [6.07, 6.45) is 1.57. The van der Waals surface area contributed by atoms with Gasteiger partial charge in [0.05, 0.1) is 6.10 Å². The molecule has 0 aliphatic rings. The van der Waals surface area contributed by atoms with E-state index in [2.05, 4.69) is 31.2 Å². The normalized spacial score (nSPS) is 14.2. The number of aromatic nitrogens is 2. The predicted molar refractivity (Wildman–Crippen MR) is 78.1 cm³/mol. The molecule has 2 heterocycles. The van der Waals surface area contributed by atoms with Gasteiger partial charge in [0.25, 0.3) is 0 Å². The number of hydrogen-bond acceptors (Lipinski definition) is 4. The van der Waals surface area contributed by atoms with Crippen LogP contribution in [0.3, 0.4) is 0 Å². The van der Waals surface area contributed by atoms with E-state index in [9.17, 15) is 15.0 Å². The molecule has 2 rings (SSSR count). The van der Waals surface area contributed by atoms with Crippen molar-refractivity contribution in [3.63, 3.8) is 0 Å². The molecule has 6 nitrogen and oxygen atoms in total. The number of rotatable bonds is 5. The van der Waals surface area contributed by atoms with Crippen molar-refractivity contribution in [3.05, 3.63) is 28.5 Å². The van der Waals surface area contributed by atoms with E-state index < -0.39 is 12.2 Å². The van der Waals surface area contributed by atoms with Crippen LogP contribution in [0.1, 0.15) is 25.0 Å². The zero-order valence-corrected chi connectivity index (χ0v) is 12.5. The maximum absolute atomic E-state index is 10.8. The maximum Gasteiger partial charge on any atom is 0.216 e. The Kier molecular flexibility index (Phi) is 4.74. The summed E-state index contributed by atoms with van der Waals surface area (Å²) in [4.78, 5) is 17.9. The SMILES string of the molecule is CC(=O)NCCC(O)C(O)c1c[nH]c2ncc(Br)cc12. The molecule has 0 aliphatic carbocycles. The monoisotopic (exact) mass is 341 g/mol. The highest BCUT2D eigenvalue weighted by atomic mass is 79.9. The van der Waals surface area contributed by atoms with Gasteiger partial charge in [0.2, 0.25) is 5.91 Å². The average molecular weight is 342 g/mol. The molecule has 1 amide bonds. The topological polar surface area (TPSA) is 98.2 Å². The van der Waals surface area contributed by atoms with Crippen molar-refractivity contribution in [3.8, 4) is 0 Å². The molecule has 2 atom stereocenters. The lowest BCUT2D eigenvalue weighted by atomic mass is 10.0. The second-order valence-electron chi connectivity index (χ2n) is 4.58. The number of carbonyl (C=O) groups excluding carboxylic acids is 1. The van der Waals surface area contributed by atoms with Crippen molar-refractivity contribution in [2.24, 2.45) is 0 Å². The van der Waals surface area contributed by atoms with Crippen LogP contribution in [0, 0.1) is 0 Å². The number of halogens is 1. The van der Waals surface area contributed by atoms with Crippen LogP contribution in [-0.4, -0.2) is 38.7 Å². The Morgan fingerprint density at radius 1 is 1.55 bits per heavy atom. The molecule has 2 unspecified atom stereocenters. The van der Waals surface area contributed by atoms with Crippen LogP contribution in [0.15, 0.2) is 22.9 Å². The Balaban J connectivity index is 2.12. The van der Waals surface area contributed by atoms with E-state index in [4.69, 9.17) is 0 Å². The maximum atomic E-state index is 10.8. The minimum atomic E-state index is -1.03. The minimum absolute atomic E-state index is 0.160. The Morgan fingerprint density at radius 3 is 3.00 bits per heavy atom. The summed E-state index contributed by atoms with van der Waals surface area (Å²) in [6, 6.07) is 1.83. The zero-order valence-electron chi connectivity index (χ0n) is 10.9. The molecular weight excluding hydrogens is 326 g/mol. The first-order chi connectivity index (χ1) is 9.49. The molecule has 0 saturated heterocycles. The molecule has 20 heavy (non-hydrogen) atoms. The summed E-state index contributed by atoms with van der Waals surface area (Å²) >= 11 is 3.33. The molecule has 0 saturated carbocycles. The zero-order chi connectivity index (χ0) is 14.7. The van der Waals surface area contributed by atoms with Crippen LogP contribution in [0.2, 0.25) is 0 Å². The number of hydrogen-bond donors (Lipinski definition) is 4.